The van der Waals surface area contributed by atoms with E-state index in [0.717, 1.165) is 29.1 Å². The van der Waals surface area contributed by atoms with E-state index in [1.807, 2.05) is 53.3 Å². The van der Waals surface area contributed by atoms with Gasteiger partial charge >= 0.3 is 0 Å². The highest BCUT2D eigenvalue weighted by Crippen LogP contribution is 2.24. The van der Waals surface area contributed by atoms with Gasteiger partial charge in [0, 0.05) is 29.4 Å². The summed E-state index contributed by atoms with van der Waals surface area (Å²) in [6, 6.07) is 13.6. The van der Waals surface area contributed by atoms with Crippen LogP contribution in [0.1, 0.15) is 5.69 Å². The summed E-state index contributed by atoms with van der Waals surface area (Å²) in [4.78, 5) is 4.18. The molecule has 4 nitrogen and oxygen atoms in total. The van der Waals surface area contributed by atoms with Gasteiger partial charge in [0.05, 0.1) is 17.1 Å². The van der Waals surface area contributed by atoms with Gasteiger partial charge in [0.1, 0.15) is 0 Å². The topological polar surface area (TPSA) is 56.7 Å². The van der Waals surface area contributed by atoms with Crippen LogP contribution in [0.5, 0.6) is 0 Å². The van der Waals surface area contributed by atoms with Gasteiger partial charge in [-0.2, -0.15) is 5.10 Å². The second-order valence-corrected chi connectivity index (χ2v) is 5.13. The summed E-state index contributed by atoms with van der Waals surface area (Å²) in [5, 5.41) is 5.32. The smallest absolute Gasteiger partial charge is 0.0759 e. The molecular weight excluding hydrogens is 284 g/mol. The van der Waals surface area contributed by atoms with Gasteiger partial charge in [-0.05, 0) is 42.9 Å². The summed E-state index contributed by atoms with van der Waals surface area (Å²) in [5.41, 5.74) is 9.50. The fourth-order valence-electron chi connectivity index (χ4n) is 2.22. The van der Waals surface area contributed by atoms with Gasteiger partial charge in [0.2, 0.25) is 0 Å². The second-order valence-electron chi connectivity index (χ2n) is 4.69. The Morgan fingerprint density at radius 1 is 1.14 bits per heavy atom. The minimum atomic E-state index is 0.568. The molecule has 0 atom stereocenters. The lowest BCUT2D eigenvalue weighted by molar-refractivity contribution is 0.825. The molecule has 0 aliphatic heterocycles. The van der Waals surface area contributed by atoms with Crippen molar-refractivity contribution in [1.29, 1.82) is 0 Å². The molecule has 0 saturated carbocycles. The van der Waals surface area contributed by atoms with Gasteiger partial charge in [-0.1, -0.05) is 17.7 Å². The van der Waals surface area contributed by atoms with Crippen molar-refractivity contribution in [3.8, 4) is 16.9 Å². The number of aromatic nitrogens is 3. The van der Waals surface area contributed by atoms with Crippen molar-refractivity contribution in [2.24, 2.45) is 5.73 Å². The molecule has 0 aliphatic carbocycles. The zero-order valence-corrected chi connectivity index (χ0v) is 12.2. The van der Waals surface area contributed by atoms with Crippen LogP contribution in [0.15, 0.2) is 54.9 Å². The summed E-state index contributed by atoms with van der Waals surface area (Å²) in [7, 11) is 0. The van der Waals surface area contributed by atoms with Gasteiger partial charge in [0.15, 0.2) is 0 Å². The average Bonchev–Trinajstić information content (AvgIpc) is 2.93. The Bertz CT molecular complexity index is 737. The lowest BCUT2D eigenvalue weighted by Gasteiger charge is -2.07. The molecule has 106 valence electrons. The number of halogens is 1. The number of hydrogen-bond acceptors (Lipinski definition) is 3. The lowest BCUT2D eigenvalue weighted by Crippen LogP contribution is -2.04. The van der Waals surface area contributed by atoms with Crippen molar-refractivity contribution >= 4 is 11.6 Å². The molecule has 21 heavy (non-hydrogen) atoms. The predicted molar refractivity (Wildman–Crippen MR) is 84.6 cm³/mol. The molecule has 0 spiro atoms. The largest absolute Gasteiger partial charge is 0.330 e. The van der Waals surface area contributed by atoms with E-state index in [4.69, 9.17) is 17.3 Å². The minimum absolute atomic E-state index is 0.568. The highest BCUT2D eigenvalue weighted by Gasteiger charge is 2.11. The molecule has 0 saturated heterocycles. The molecule has 2 N–H and O–H groups in total. The minimum Gasteiger partial charge on any atom is -0.330 e. The van der Waals surface area contributed by atoms with Crippen LogP contribution in [0, 0.1) is 0 Å². The molecule has 0 bridgehead atoms. The Balaban J connectivity index is 2.14. The maximum absolute atomic E-state index is 6.09. The highest BCUT2D eigenvalue weighted by atomic mass is 35.5. The van der Waals surface area contributed by atoms with E-state index in [-0.39, 0.29) is 0 Å². The first kappa shape index (κ1) is 13.8. The SMILES string of the molecule is NCCc1cc(-c2cccnc2)n(-c2cccc(Cl)c2)n1. The van der Waals surface area contributed by atoms with Crippen LogP contribution in [0.25, 0.3) is 16.9 Å². The van der Waals surface area contributed by atoms with Crippen LogP contribution < -0.4 is 5.73 Å². The second kappa shape index (κ2) is 6.08. The van der Waals surface area contributed by atoms with E-state index >= 15 is 0 Å². The molecule has 2 heterocycles. The first-order valence-corrected chi connectivity index (χ1v) is 7.11. The van der Waals surface area contributed by atoms with E-state index in [0.29, 0.717) is 11.6 Å². The number of nitrogens with zero attached hydrogens (tertiary/aromatic N) is 3. The monoisotopic (exact) mass is 298 g/mol. The van der Waals surface area contributed by atoms with Gasteiger partial charge in [-0.25, -0.2) is 4.68 Å². The van der Waals surface area contributed by atoms with Crippen molar-refractivity contribution < 1.29 is 0 Å². The zero-order valence-electron chi connectivity index (χ0n) is 11.4. The molecule has 3 rings (SSSR count). The van der Waals surface area contributed by atoms with Crippen molar-refractivity contribution in [3.63, 3.8) is 0 Å². The average molecular weight is 299 g/mol. The van der Waals surface area contributed by atoms with Gasteiger partial charge in [0.25, 0.3) is 0 Å². The number of benzene rings is 1. The Labute approximate surface area is 128 Å². The van der Waals surface area contributed by atoms with E-state index < -0.39 is 0 Å². The summed E-state index contributed by atoms with van der Waals surface area (Å²) in [6.07, 6.45) is 4.31. The van der Waals surface area contributed by atoms with Gasteiger partial charge in [-0.3, -0.25) is 4.98 Å². The van der Waals surface area contributed by atoms with Crippen LogP contribution in [0.4, 0.5) is 0 Å². The molecular formula is C16H15ClN4. The molecule has 0 aliphatic rings. The number of nitrogens with two attached hydrogens (primary N) is 1. The maximum atomic E-state index is 6.09. The molecule has 5 heteroatoms. The maximum Gasteiger partial charge on any atom is 0.0759 e. The first-order valence-electron chi connectivity index (χ1n) is 6.73. The van der Waals surface area contributed by atoms with E-state index in [9.17, 15) is 0 Å². The summed E-state index contributed by atoms with van der Waals surface area (Å²) in [6.45, 7) is 0.568. The van der Waals surface area contributed by atoms with Gasteiger partial charge in [-0.15, -0.1) is 0 Å². The molecule has 0 unspecified atom stereocenters. The standard InChI is InChI=1S/C16H15ClN4/c17-13-4-1-5-15(9-13)21-16(10-14(20-21)6-7-18)12-3-2-8-19-11-12/h1-5,8-11H,6-7,18H2. The van der Waals surface area contributed by atoms with Crippen molar-refractivity contribution in [1.82, 2.24) is 14.8 Å². The summed E-state index contributed by atoms with van der Waals surface area (Å²) < 4.78 is 1.88. The highest BCUT2D eigenvalue weighted by molar-refractivity contribution is 6.30. The number of hydrogen-bond donors (Lipinski definition) is 1. The molecule has 1 aromatic carbocycles. The van der Waals surface area contributed by atoms with E-state index in [2.05, 4.69) is 10.1 Å². The molecule has 0 amide bonds. The van der Waals surface area contributed by atoms with Crippen molar-refractivity contribution in [2.45, 2.75) is 6.42 Å². The zero-order chi connectivity index (χ0) is 14.7. The third-order valence-corrected chi connectivity index (χ3v) is 3.41. The van der Waals surface area contributed by atoms with Crippen LogP contribution >= 0.6 is 11.6 Å². The summed E-state index contributed by atoms with van der Waals surface area (Å²) in [5.74, 6) is 0. The first-order chi connectivity index (χ1) is 10.3. The Morgan fingerprint density at radius 3 is 2.76 bits per heavy atom. The van der Waals surface area contributed by atoms with Crippen LogP contribution in [-0.2, 0) is 6.42 Å². The van der Waals surface area contributed by atoms with Crippen LogP contribution in [0.2, 0.25) is 5.02 Å². The van der Waals surface area contributed by atoms with Crippen molar-refractivity contribution in [3.05, 3.63) is 65.6 Å². The third-order valence-electron chi connectivity index (χ3n) is 3.17. The lowest BCUT2D eigenvalue weighted by atomic mass is 10.2. The normalized spacial score (nSPS) is 10.8. The van der Waals surface area contributed by atoms with Crippen LogP contribution in [-0.4, -0.2) is 21.3 Å². The number of pyridine rings is 1. The molecule has 0 radical (unpaired) electrons. The van der Waals surface area contributed by atoms with E-state index in [1.54, 1.807) is 6.20 Å². The summed E-state index contributed by atoms with van der Waals surface area (Å²) >= 11 is 6.09. The Hall–Kier alpha value is -2.17. The number of rotatable bonds is 4. The third kappa shape index (κ3) is 2.96. The quantitative estimate of drug-likeness (QED) is 0.805. The van der Waals surface area contributed by atoms with Crippen molar-refractivity contribution in [2.75, 3.05) is 6.54 Å². The predicted octanol–water partition coefficient (Wildman–Crippen LogP) is 3.09. The Morgan fingerprint density at radius 2 is 2.05 bits per heavy atom. The fourth-order valence-corrected chi connectivity index (χ4v) is 2.41. The molecule has 0 fully saturated rings. The van der Waals surface area contributed by atoms with Crippen LogP contribution in [0.3, 0.4) is 0 Å². The molecule has 3 aromatic rings. The fraction of sp³-hybridized carbons (Fsp3) is 0.125. The van der Waals surface area contributed by atoms with E-state index in [1.165, 1.54) is 0 Å². The van der Waals surface area contributed by atoms with Gasteiger partial charge < -0.3 is 5.73 Å². The Kier molecular flexibility index (Phi) is 3.99. The molecule has 2 aromatic heterocycles.